The molecule has 0 aliphatic carbocycles. The van der Waals surface area contributed by atoms with E-state index in [0.29, 0.717) is 28.9 Å². The summed E-state index contributed by atoms with van der Waals surface area (Å²) in [6.07, 6.45) is 1.51. The van der Waals surface area contributed by atoms with Crippen LogP contribution in [0.3, 0.4) is 0 Å². The summed E-state index contributed by atoms with van der Waals surface area (Å²) in [5.41, 5.74) is 4.19. The molecule has 0 atom stereocenters. The maximum absolute atomic E-state index is 11.9. The smallest absolute Gasteiger partial charge is 0.277 e. The van der Waals surface area contributed by atoms with Crippen LogP contribution in [0.5, 0.6) is 17.2 Å². The number of halogens is 2. The standard InChI is InChI=1S/C23H20BrClN2O4/c1-29-22-12-17(8-11-21(22)30-14-16-6-9-18(24)10-7-16)13-26-27-23(28)15-31-20-5-3-2-4-19(20)25/h2-13H,14-15H2,1H3,(H,27,28)/b26-13-. The first kappa shape index (κ1) is 22.7. The van der Waals surface area contributed by atoms with Crippen molar-refractivity contribution in [1.82, 2.24) is 5.43 Å². The number of nitrogens with one attached hydrogen (secondary N) is 1. The van der Waals surface area contributed by atoms with Crippen LogP contribution >= 0.6 is 27.5 Å². The minimum atomic E-state index is -0.405. The van der Waals surface area contributed by atoms with Gasteiger partial charge in [-0.15, -0.1) is 0 Å². The van der Waals surface area contributed by atoms with Crippen molar-refractivity contribution >= 4 is 39.7 Å². The van der Waals surface area contributed by atoms with Gasteiger partial charge in [0, 0.05) is 4.47 Å². The van der Waals surface area contributed by atoms with Crippen LogP contribution in [0.2, 0.25) is 5.02 Å². The quantitative estimate of drug-likeness (QED) is 0.321. The summed E-state index contributed by atoms with van der Waals surface area (Å²) < 4.78 is 17.6. The highest BCUT2D eigenvalue weighted by Gasteiger charge is 2.07. The first-order valence-corrected chi connectivity index (χ1v) is 10.5. The zero-order valence-electron chi connectivity index (χ0n) is 16.7. The van der Waals surface area contributed by atoms with Gasteiger partial charge in [0.1, 0.15) is 12.4 Å². The average Bonchev–Trinajstić information content (AvgIpc) is 2.78. The van der Waals surface area contributed by atoms with Gasteiger partial charge in [-0.3, -0.25) is 4.79 Å². The molecule has 31 heavy (non-hydrogen) atoms. The van der Waals surface area contributed by atoms with Crippen molar-refractivity contribution in [2.24, 2.45) is 5.10 Å². The summed E-state index contributed by atoms with van der Waals surface area (Å²) in [6.45, 7) is 0.214. The Morgan fingerprint density at radius 1 is 1.03 bits per heavy atom. The molecule has 8 heteroatoms. The normalized spacial score (nSPS) is 10.7. The Balaban J connectivity index is 1.52. The number of nitrogens with zero attached hydrogens (tertiary/aromatic N) is 1. The molecule has 0 unspecified atom stereocenters. The largest absolute Gasteiger partial charge is 0.493 e. The second-order valence-corrected chi connectivity index (χ2v) is 7.66. The molecule has 3 aromatic rings. The van der Waals surface area contributed by atoms with Gasteiger partial charge in [-0.05, 0) is 53.6 Å². The third-order valence-electron chi connectivity index (χ3n) is 4.09. The summed E-state index contributed by atoms with van der Waals surface area (Å²) in [5.74, 6) is 1.21. The highest BCUT2D eigenvalue weighted by atomic mass is 79.9. The molecular weight excluding hydrogens is 484 g/mol. The summed E-state index contributed by atoms with van der Waals surface area (Å²) in [4.78, 5) is 11.9. The lowest BCUT2D eigenvalue weighted by molar-refractivity contribution is -0.123. The van der Waals surface area contributed by atoms with E-state index in [0.717, 1.165) is 15.6 Å². The molecular formula is C23H20BrClN2O4. The Labute approximate surface area is 193 Å². The van der Waals surface area contributed by atoms with Crippen LogP contribution in [0.25, 0.3) is 0 Å². The zero-order valence-corrected chi connectivity index (χ0v) is 19.0. The van der Waals surface area contributed by atoms with E-state index in [1.165, 1.54) is 6.21 Å². The van der Waals surface area contributed by atoms with Crippen molar-refractivity contribution in [3.63, 3.8) is 0 Å². The number of benzene rings is 3. The highest BCUT2D eigenvalue weighted by Crippen LogP contribution is 2.28. The van der Waals surface area contributed by atoms with Gasteiger partial charge in [-0.25, -0.2) is 5.43 Å². The lowest BCUT2D eigenvalue weighted by Gasteiger charge is -2.11. The molecule has 0 fully saturated rings. The van der Waals surface area contributed by atoms with Crippen LogP contribution in [0.15, 0.2) is 76.3 Å². The van der Waals surface area contributed by atoms with E-state index in [2.05, 4.69) is 26.5 Å². The van der Waals surface area contributed by atoms with Crippen LogP contribution in [0.1, 0.15) is 11.1 Å². The molecule has 0 aliphatic heterocycles. The molecule has 6 nitrogen and oxygen atoms in total. The summed E-state index contributed by atoms with van der Waals surface area (Å²) in [5, 5.41) is 4.38. The Kier molecular flexibility index (Phi) is 8.32. The fraction of sp³-hybridized carbons (Fsp3) is 0.130. The van der Waals surface area contributed by atoms with Gasteiger partial charge in [0.15, 0.2) is 18.1 Å². The summed E-state index contributed by atoms with van der Waals surface area (Å²) in [6, 6.07) is 20.2. The molecule has 3 aromatic carbocycles. The molecule has 0 aromatic heterocycles. The third-order valence-corrected chi connectivity index (χ3v) is 4.93. The molecule has 0 bridgehead atoms. The van der Waals surface area contributed by atoms with E-state index in [1.54, 1.807) is 43.5 Å². The second-order valence-electron chi connectivity index (χ2n) is 6.34. The van der Waals surface area contributed by atoms with Gasteiger partial charge >= 0.3 is 0 Å². The Morgan fingerprint density at radius 2 is 1.81 bits per heavy atom. The molecule has 0 saturated carbocycles. The number of amides is 1. The van der Waals surface area contributed by atoms with E-state index in [4.69, 9.17) is 25.8 Å². The number of hydrogen-bond acceptors (Lipinski definition) is 5. The summed E-state index contributed by atoms with van der Waals surface area (Å²) >= 11 is 9.40. The number of carbonyl (C=O) groups is 1. The fourth-order valence-electron chi connectivity index (χ4n) is 2.54. The minimum absolute atomic E-state index is 0.201. The first-order valence-electron chi connectivity index (χ1n) is 9.29. The predicted octanol–water partition coefficient (Wildman–Crippen LogP) is 5.22. The van der Waals surface area contributed by atoms with E-state index < -0.39 is 5.91 Å². The van der Waals surface area contributed by atoms with E-state index in [9.17, 15) is 4.79 Å². The molecule has 1 amide bonds. The number of hydrazone groups is 1. The van der Waals surface area contributed by atoms with Gasteiger partial charge in [0.25, 0.3) is 5.91 Å². The van der Waals surface area contributed by atoms with Crippen LogP contribution in [-0.4, -0.2) is 25.8 Å². The number of ether oxygens (including phenoxy) is 3. The molecule has 0 aliphatic rings. The van der Waals surface area contributed by atoms with Crippen molar-refractivity contribution in [3.05, 3.63) is 87.4 Å². The highest BCUT2D eigenvalue weighted by molar-refractivity contribution is 9.10. The number of hydrogen-bond donors (Lipinski definition) is 1. The van der Waals surface area contributed by atoms with Crippen LogP contribution in [0, 0.1) is 0 Å². The van der Waals surface area contributed by atoms with Crippen molar-refractivity contribution in [3.8, 4) is 17.2 Å². The number of carbonyl (C=O) groups excluding carboxylic acids is 1. The second kappa shape index (κ2) is 11.4. The zero-order chi connectivity index (χ0) is 22.1. The van der Waals surface area contributed by atoms with E-state index >= 15 is 0 Å². The third kappa shape index (κ3) is 7.01. The van der Waals surface area contributed by atoms with Crippen LogP contribution < -0.4 is 19.6 Å². The number of rotatable bonds is 9. The molecule has 0 saturated heterocycles. The molecule has 0 spiro atoms. The molecule has 0 heterocycles. The topological polar surface area (TPSA) is 69.2 Å². The van der Waals surface area contributed by atoms with Gasteiger partial charge in [-0.1, -0.05) is 51.8 Å². The minimum Gasteiger partial charge on any atom is -0.493 e. The van der Waals surface area contributed by atoms with Crippen molar-refractivity contribution in [1.29, 1.82) is 0 Å². The molecule has 3 rings (SSSR count). The predicted molar refractivity (Wildman–Crippen MR) is 124 cm³/mol. The molecule has 1 N–H and O–H groups in total. The number of methoxy groups -OCH3 is 1. The van der Waals surface area contributed by atoms with Gasteiger partial charge in [0.2, 0.25) is 0 Å². The van der Waals surface area contributed by atoms with Crippen molar-refractivity contribution in [2.75, 3.05) is 13.7 Å². The maximum Gasteiger partial charge on any atom is 0.277 e. The van der Waals surface area contributed by atoms with Crippen molar-refractivity contribution < 1.29 is 19.0 Å². The summed E-state index contributed by atoms with van der Waals surface area (Å²) in [7, 11) is 1.57. The SMILES string of the molecule is COc1cc(/C=N\NC(=O)COc2ccccc2Cl)ccc1OCc1ccc(Br)cc1. The molecule has 160 valence electrons. The van der Waals surface area contributed by atoms with Gasteiger partial charge < -0.3 is 14.2 Å². The Morgan fingerprint density at radius 3 is 2.55 bits per heavy atom. The van der Waals surface area contributed by atoms with Gasteiger partial charge in [-0.2, -0.15) is 5.10 Å². The van der Waals surface area contributed by atoms with E-state index in [1.807, 2.05) is 30.3 Å². The van der Waals surface area contributed by atoms with Crippen LogP contribution in [0.4, 0.5) is 0 Å². The molecule has 0 radical (unpaired) electrons. The lowest BCUT2D eigenvalue weighted by atomic mass is 10.2. The van der Waals surface area contributed by atoms with Crippen molar-refractivity contribution in [2.45, 2.75) is 6.61 Å². The Bertz CT molecular complexity index is 1060. The van der Waals surface area contributed by atoms with Gasteiger partial charge in [0.05, 0.1) is 18.3 Å². The first-order chi connectivity index (χ1) is 15.0. The lowest BCUT2D eigenvalue weighted by Crippen LogP contribution is -2.24. The van der Waals surface area contributed by atoms with E-state index in [-0.39, 0.29) is 6.61 Å². The Hall–Kier alpha value is -3.03. The number of para-hydroxylation sites is 1. The van der Waals surface area contributed by atoms with Crippen LogP contribution in [-0.2, 0) is 11.4 Å². The monoisotopic (exact) mass is 502 g/mol. The fourth-order valence-corrected chi connectivity index (χ4v) is 3.00. The average molecular weight is 504 g/mol. The maximum atomic E-state index is 11.9.